The number of likely N-dealkylation sites (tertiary alicyclic amines) is 1. The van der Waals surface area contributed by atoms with Crippen molar-refractivity contribution >= 4 is 17.8 Å². The van der Waals surface area contributed by atoms with Gasteiger partial charge in [-0.15, -0.1) is 0 Å². The van der Waals surface area contributed by atoms with Gasteiger partial charge in [0.15, 0.2) is 0 Å². The molecule has 1 fully saturated rings. The van der Waals surface area contributed by atoms with E-state index in [1.807, 2.05) is 31.2 Å². The highest BCUT2D eigenvalue weighted by atomic mass is 16.5. The van der Waals surface area contributed by atoms with Gasteiger partial charge in [0.25, 0.3) is 0 Å². The average molecular weight is 376 g/mol. The Hall–Kier alpha value is -2.57. The van der Waals surface area contributed by atoms with Gasteiger partial charge < -0.3 is 19.6 Å². The first-order chi connectivity index (χ1) is 12.9. The minimum Gasteiger partial charge on any atom is -0.494 e. The molecule has 2 amide bonds. The molecule has 1 heterocycles. The Labute approximate surface area is 159 Å². The third-order valence-electron chi connectivity index (χ3n) is 4.72. The largest absolute Gasteiger partial charge is 0.494 e. The lowest BCUT2D eigenvalue weighted by Crippen LogP contribution is -2.45. The van der Waals surface area contributed by atoms with E-state index < -0.39 is 5.97 Å². The van der Waals surface area contributed by atoms with Crippen LogP contribution in [0.5, 0.6) is 5.75 Å². The van der Waals surface area contributed by atoms with Crippen molar-refractivity contribution in [3.63, 3.8) is 0 Å². The molecule has 0 atom stereocenters. The topological polar surface area (TPSA) is 87.2 Å². The van der Waals surface area contributed by atoms with E-state index in [1.165, 1.54) is 4.90 Å². The molecule has 1 aliphatic rings. The lowest BCUT2D eigenvalue weighted by molar-refractivity contribution is -0.146. The first-order valence-corrected chi connectivity index (χ1v) is 9.37. The smallest absolute Gasteiger partial charge is 0.306 e. The molecule has 7 nitrogen and oxygen atoms in total. The SMILES string of the molecule is CCCOc1cccc(CC(=O)N(C)CC(=O)N2CCC(C(=O)O)CC2)c1. The van der Waals surface area contributed by atoms with Crippen molar-refractivity contribution in [3.05, 3.63) is 29.8 Å². The van der Waals surface area contributed by atoms with Crippen LogP contribution in [-0.4, -0.2) is 66.0 Å². The van der Waals surface area contributed by atoms with E-state index >= 15 is 0 Å². The minimum atomic E-state index is -0.806. The molecule has 27 heavy (non-hydrogen) atoms. The summed E-state index contributed by atoms with van der Waals surface area (Å²) in [6.45, 7) is 3.51. The number of amides is 2. The molecule has 0 aromatic heterocycles. The van der Waals surface area contributed by atoms with Crippen molar-refractivity contribution in [1.29, 1.82) is 0 Å². The highest BCUT2D eigenvalue weighted by Gasteiger charge is 2.27. The number of carbonyl (C=O) groups excluding carboxylic acids is 2. The van der Waals surface area contributed by atoms with Gasteiger partial charge in [0, 0.05) is 20.1 Å². The summed E-state index contributed by atoms with van der Waals surface area (Å²) in [6.07, 6.45) is 2.04. The highest BCUT2D eigenvalue weighted by molar-refractivity contribution is 5.86. The minimum absolute atomic E-state index is 0.00258. The molecule has 0 aliphatic carbocycles. The zero-order valence-electron chi connectivity index (χ0n) is 16.0. The normalized spacial score (nSPS) is 14.7. The number of carboxylic acid groups (broad SMARTS) is 1. The van der Waals surface area contributed by atoms with Crippen molar-refractivity contribution in [2.24, 2.45) is 5.92 Å². The first-order valence-electron chi connectivity index (χ1n) is 9.37. The van der Waals surface area contributed by atoms with E-state index in [2.05, 4.69) is 0 Å². The van der Waals surface area contributed by atoms with Crippen molar-refractivity contribution in [1.82, 2.24) is 9.80 Å². The highest BCUT2D eigenvalue weighted by Crippen LogP contribution is 2.18. The van der Waals surface area contributed by atoms with Crippen LogP contribution in [0.2, 0.25) is 0 Å². The van der Waals surface area contributed by atoms with Crippen LogP contribution in [0, 0.1) is 5.92 Å². The predicted molar refractivity (Wildman–Crippen MR) is 101 cm³/mol. The quantitative estimate of drug-likeness (QED) is 0.748. The predicted octanol–water partition coefficient (Wildman–Crippen LogP) is 1.80. The standard InChI is InChI=1S/C20H28N2O5/c1-3-11-27-17-6-4-5-15(12-17)13-18(23)21(2)14-19(24)22-9-7-16(8-10-22)20(25)26/h4-6,12,16H,3,7-11,13-14H2,1-2H3,(H,25,26). The third-order valence-corrected chi connectivity index (χ3v) is 4.72. The number of aliphatic carboxylic acids is 1. The Morgan fingerprint density at radius 2 is 1.96 bits per heavy atom. The summed E-state index contributed by atoms with van der Waals surface area (Å²) in [5, 5.41) is 9.02. The monoisotopic (exact) mass is 376 g/mol. The maximum atomic E-state index is 12.4. The number of carbonyl (C=O) groups is 3. The van der Waals surface area contributed by atoms with Gasteiger partial charge in [-0.2, -0.15) is 0 Å². The van der Waals surface area contributed by atoms with Crippen LogP contribution in [0.3, 0.4) is 0 Å². The molecule has 7 heteroatoms. The lowest BCUT2D eigenvalue weighted by Gasteiger charge is -2.31. The molecule has 1 aromatic carbocycles. The zero-order chi connectivity index (χ0) is 19.8. The summed E-state index contributed by atoms with van der Waals surface area (Å²) < 4.78 is 5.58. The molecule has 0 saturated carbocycles. The number of benzene rings is 1. The number of piperidine rings is 1. The molecule has 0 bridgehead atoms. The number of carboxylic acids is 1. The summed E-state index contributed by atoms with van der Waals surface area (Å²) in [6, 6.07) is 7.42. The Balaban J connectivity index is 1.83. The van der Waals surface area contributed by atoms with Gasteiger partial charge in [-0.3, -0.25) is 14.4 Å². The van der Waals surface area contributed by atoms with E-state index in [9.17, 15) is 14.4 Å². The molecule has 1 aromatic rings. The van der Waals surface area contributed by atoms with Crippen LogP contribution in [0.15, 0.2) is 24.3 Å². The van der Waals surface area contributed by atoms with Gasteiger partial charge >= 0.3 is 5.97 Å². The van der Waals surface area contributed by atoms with Crippen LogP contribution < -0.4 is 4.74 Å². The van der Waals surface area contributed by atoms with Gasteiger partial charge in [-0.05, 0) is 37.0 Å². The third kappa shape index (κ3) is 6.27. The molecule has 1 aliphatic heterocycles. The molecule has 1 N–H and O–H groups in total. The van der Waals surface area contributed by atoms with Crippen LogP contribution in [0.4, 0.5) is 0 Å². The average Bonchev–Trinajstić information content (AvgIpc) is 2.66. The molecular weight excluding hydrogens is 348 g/mol. The Bertz CT molecular complexity index is 668. The number of hydrogen-bond donors (Lipinski definition) is 1. The Kier molecular flexibility index (Phi) is 7.64. The van der Waals surface area contributed by atoms with E-state index in [-0.39, 0.29) is 30.7 Å². The molecule has 0 spiro atoms. The lowest BCUT2D eigenvalue weighted by atomic mass is 9.97. The Morgan fingerprint density at radius 1 is 1.26 bits per heavy atom. The second-order valence-corrected chi connectivity index (χ2v) is 6.92. The van der Waals surface area contributed by atoms with Crippen LogP contribution >= 0.6 is 0 Å². The molecule has 0 radical (unpaired) electrons. The van der Waals surface area contributed by atoms with Gasteiger partial charge in [-0.25, -0.2) is 0 Å². The number of hydrogen-bond acceptors (Lipinski definition) is 4. The molecule has 2 rings (SSSR count). The summed E-state index contributed by atoms with van der Waals surface area (Å²) in [4.78, 5) is 38.9. The molecule has 0 unspecified atom stereocenters. The van der Waals surface area contributed by atoms with Gasteiger partial charge in [0.05, 0.1) is 25.5 Å². The summed E-state index contributed by atoms with van der Waals surface area (Å²) in [5.74, 6) is -0.733. The van der Waals surface area contributed by atoms with Crippen LogP contribution in [-0.2, 0) is 20.8 Å². The van der Waals surface area contributed by atoms with Gasteiger partial charge in [-0.1, -0.05) is 19.1 Å². The number of nitrogens with zero attached hydrogens (tertiary/aromatic N) is 2. The van der Waals surface area contributed by atoms with E-state index in [0.717, 1.165) is 17.7 Å². The second kappa shape index (κ2) is 9.94. The van der Waals surface area contributed by atoms with Crippen molar-refractivity contribution in [2.45, 2.75) is 32.6 Å². The Morgan fingerprint density at radius 3 is 2.59 bits per heavy atom. The molecular formula is C20H28N2O5. The van der Waals surface area contributed by atoms with Crippen molar-refractivity contribution in [2.75, 3.05) is 33.3 Å². The molecule has 148 valence electrons. The van der Waals surface area contributed by atoms with E-state index in [4.69, 9.17) is 9.84 Å². The van der Waals surface area contributed by atoms with Crippen LogP contribution in [0.1, 0.15) is 31.7 Å². The second-order valence-electron chi connectivity index (χ2n) is 6.92. The number of ether oxygens (including phenoxy) is 1. The maximum absolute atomic E-state index is 12.4. The fraction of sp³-hybridized carbons (Fsp3) is 0.550. The number of rotatable bonds is 8. The summed E-state index contributed by atoms with van der Waals surface area (Å²) in [7, 11) is 1.61. The maximum Gasteiger partial charge on any atom is 0.306 e. The van der Waals surface area contributed by atoms with Crippen molar-refractivity contribution in [3.8, 4) is 5.75 Å². The van der Waals surface area contributed by atoms with Crippen LogP contribution in [0.25, 0.3) is 0 Å². The van der Waals surface area contributed by atoms with E-state index in [0.29, 0.717) is 32.5 Å². The fourth-order valence-corrected chi connectivity index (χ4v) is 3.04. The van der Waals surface area contributed by atoms with E-state index in [1.54, 1.807) is 11.9 Å². The first kappa shape index (κ1) is 20.7. The summed E-state index contributed by atoms with van der Waals surface area (Å²) in [5.41, 5.74) is 0.843. The zero-order valence-corrected chi connectivity index (χ0v) is 16.0. The van der Waals surface area contributed by atoms with Crippen molar-refractivity contribution < 1.29 is 24.2 Å². The fourth-order valence-electron chi connectivity index (χ4n) is 3.04. The van der Waals surface area contributed by atoms with Gasteiger partial charge in [0.1, 0.15) is 5.75 Å². The summed E-state index contributed by atoms with van der Waals surface area (Å²) >= 11 is 0. The van der Waals surface area contributed by atoms with Gasteiger partial charge in [0.2, 0.25) is 11.8 Å². The molecule has 1 saturated heterocycles. The number of likely N-dealkylation sites (N-methyl/N-ethyl adjacent to an activating group) is 1.